The van der Waals surface area contributed by atoms with Gasteiger partial charge in [-0.05, 0) is 90.4 Å². The first-order valence-electron chi connectivity index (χ1n) is 13.4. The molecule has 0 radical (unpaired) electrons. The fourth-order valence-electron chi connectivity index (χ4n) is 8.78. The van der Waals surface area contributed by atoms with Crippen LogP contribution < -0.4 is 0 Å². The van der Waals surface area contributed by atoms with Crippen molar-refractivity contribution in [2.75, 3.05) is 6.61 Å². The van der Waals surface area contributed by atoms with Crippen molar-refractivity contribution in [3.8, 4) is 0 Å². The molecule has 6 nitrogen and oxygen atoms in total. The first-order chi connectivity index (χ1) is 15.8. The fraction of sp³-hybridized carbons (Fsp3) is 0.893. The number of carbonyl (C=O) groups is 1. The van der Waals surface area contributed by atoms with Crippen LogP contribution in [0, 0.1) is 52.3 Å². The molecule has 3 saturated carbocycles. The van der Waals surface area contributed by atoms with Crippen LogP contribution in [0.5, 0.6) is 0 Å². The van der Waals surface area contributed by atoms with E-state index in [1.165, 1.54) is 0 Å². The van der Waals surface area contributed by atoms with E-state index in [9.17, 15) is 25.2 Å². The smallest absolute Gasteiger partial charge is 0.309 e. The molecule has 1 heterocycles. The number of esters is 1. The van der Waals surface area contributed by atoms with E-state index < -0.39 is 24.4 Å². The van der Waals surface area contributed by atoms with Crippen LogP contribution in [-0.2, 0) is 9.53 Å². The Morgan fingerprint density at radius 1 is 1.03 bits per heavy atom. The van der Waals surface area contributed by atoms with Crippen molar-refractivity contribution in [1.82, 2.24) is 0 Å². The number of carbonyl (C=O) groups excluding carboxylic acids is 1. The van der Waals surface area contributed by atoms with E-state index in [1.807, 2.05) is 13.8 Å². The van der Waals surface area contributed by atoms with E-state index in [2.05, 4.69) is 27.4 Å². The highest BCUT2D eigenvalue weighted by Gasteiger charge is 2.63. The van der Waals surface area contributed by atoms with Gasteiger partial charge in [0.15, 0.2) is 0 Å². The molecule has 1 saturated heterocycles. The number of hydrogen-bond donors (Lipinski definition) is 4. The lowest BCUT2D eigenvalue weighted by Crippen LogP contribution is -2.55. The van der Waals surface area contributed by atoms with Crippen molar-refractivity contribution in [1.29, 1.82) is 0 Å². The van der Waals surface area contributed by atoms with Crippen molar-refractivity contribution in [2.45, 2.75) is 97.6 Å². The number of ether oxygens (including phenoxy) is 1. The SMILES string of the molecule is C=C(C(C)C)[C@@H](O)[C@H](O)[C@@H](C)[C@H]1CCC2C3COC(=O)C4C[C@H](O)[C@H](O)CC4(C)C3CCC21C. The molecule has 0 aromatic heterocycles. The van der Waals surface area contributed by atoms with Crippen molar-refractivity contribution < 1.29 is 30.0 Å². The standard InChI is InChI=1S/C28H46O6/c1-14(2)15(3)24(31)25(32)16(4)18-7-8-19-17-13-34-26(33)21-11-22(29)23(30)12-28(21,6)20(17)9-10-27(18,19)5/h14,16-25,29-32H,3,7-13H2,1-2,4-6H3/t16-,17?,18+,19?,20?,21?,22-,23+,24+,25+,27?,28?/m0/s1. The highest BCUT2D eigenvalue weighted by atomic mass is 16.5. The molecule has 1 aliphatic heterocycles. The molecule has 0 aromatic rings. The number of rotatable bonds is 5. The molecule has 4 N–H and O–H groups in total. The predicted octanol–water partition coefficient (Wildman–Crippen LogP) is 3.31. The third kappa shape index (κ3) is 3.97. The van der Waals surface area contributed by atoms with E-state index in [4.69, 9.17) is 4.74 Å². The van der Waals surface area contributed by atoms with Gasteiger partial charge in [0.2, 0.25) is 0 Å². The van der Waals surface area contributed by atoms with Gasteiger partial charge in [-0.25, -0.2) is 0 Å². The lowest BCUT2D eigenvalue weighted by molar-refractivity contribution is -0.162. The molecule has 0 bridgehead atoms. The summed E-state index contributed by atoms with van der Waals surface area (Å²) in [6.45, 7) is 14.9. The van der Waals surface area contributed by atoms with Crippen LogP contribution in [0.1, 0.15) is 73.1 Å². The van der Waals surface area contributed by atoms with Gasteiger partial charge in [-0.3, -0.25) is 4.79 Å². The third-order valence-corrected chi connectivity index (χ3v) is 11.0. The Labute approximate surface area is 204 Å². The van der Waals surface area contributed by atoms with Gasteiger partial charge in [0.25, 0.3) is 0 Å². The minimum absolute atomic E-state index is 0.00412. The summed E-state index contributed by atoms with van der Waals surface area (Å²) < 4.78 is 5.85. The zero-order chi connectivity index (χ0) is 25.2. The number of aliphatic hydroxyl groups is 4. The molecule has 6 heteroatoms. The van der Waals surface area contributed by atoms with Crippen LogP contribution in [0.15, 0.2) is 12.2 Å². The first kappa shape index (κ1) is 26.1. The van der Waals surface area contributed by atoms with Gasteiger partial charge >= 0.3 is 5.97 Å². The maximum atomic E-state index is 13.0. The molecule has 4 aliphatic rings. The normalized spacial score (nSPS) is 47.0. The molecule has 4 fully saturated rings. The summed E-state index contributed by atoms with van der Waals surface area (Å²) in [5.74, 6) is 0.546. The summed E-state index contributed by atoms with van der Waals surface area (Å²) in [7, 11) is 0. The van der Waals surface area contributed by atoms with Crippen LogP contribution in [0.2, 0.25) is 0 Å². The van der Waals surface area contributed by atoms with E-state index in [0.29, 0.717) is 24.5 Å². The molecule has 4 rings (SSSR count). The summed E-state index contributed by atoms with van der Waals surface area (Å²) in [6.07, 6.45) is 1.19. The number of cyclic esters (lactones) is 1. The molecular weight excluding hydrogens is 432 g/mol. The van der Waals surface area contributed by atoms with E-state index in [0.717, 1.165) is 25.7 Å². The van der Waals surface area contributed by atoms with Gasteiger partial charge in [-0.15, -0.1) is 0 Å². The lowest BCUT2D eigenvalue weighted by Gasteiger charge is -2.56. The summed E-state index contributed by atoms with van der Waals surface area (Å²) in [4.78, 5) is 13.0. The Morgan fingerprint density at radius 3 is 2.32 bits per heavy atom. The number of hydrogen-bond acceptors (Lipinski definition) is 6. The Hall–Kier alpha value is -0.950. The second-order valence-electron chi connectivity index (χ2n) is 12.9. The summed E-state index contributed by atoms with van der Waals surface area (Å²) in [6, 6.07) is 0. The second-order valence-corrected chi connectivity index (χ2v) is 12.9. The molecular formula is C28H46O6. The van der Waals surface area contributed by atoms with E-state index in [1.54, 1.807) is 0 Å². The van der Waals surface area contributed by atoms with Gasteiger partial charge in [0.05, 0.1) is 30.8 Å². The van der Waals surface area contributed by atoms with Gasteiger partial charge in [0.1, 0.15) is 6.10 Å². The molecule has 0 spiro atoms. The van der Waals surface area contributed by atoms with Crippen LogP contribution in [0.25, 0.3) is 0 Å². The Balaban J connectivity index is 1.58. The zero-order valence-corrected chi connectivity index (χ0v) is 21.6. The summed E-state index contributed by atoms with van der Waals surface area (Å²) in [5, 5.41) is 42.7. The quantitative estimate of drug-likeness (QED) is 0.357. The molecule has 3 aliphatic carbocycles. The third-order valence-electron chi connectivity index (χ3n) is 11.0. The van der Waals surface area contributed by atoms with Crippen molar-refractivity contribution in [3.63, 3.8) is 0 Å². The van der Waals surface area contributed by atoms with E-state index in [-0.39, 0.29) is 58.7 Å². The van der Waals surface area contributed by atoms with Crippen molar-refractivity contribution in [3.05, 3.63) is 12.2 Å². The number of fused-ring (bicyclic) bond motifs is 5. The predicted molar refractivity (Wildman–Crippen MR) is 129 cm³/mol. The maximum Gasteiger partial charge on any atom is 0.309 e. The highest BCUT2D eigenvalue weighted by Crippen LogP contribution is 2.66. The van der Waals surface area contributed by atoms with Crippen LogP contribution in [-0.4, -0.2) is 57.4 Å². The monoisotopic (exact) mass is 478 g/mol. The molecule has 0 amide bonds. The minimum Gasteiger partial charge on any atom is -0.465 e. The minimum atomic E-state index is -0.928. The number of aliphatic hydroxyl groups excluding tert-OH is 4. The van der Waals surface area contributed by atoms with Gasteiger partial charge in [-0.2, -0.15) is 0 Å². The van der Waals surface area contributed by atoms with Crippen LogP contribution >= 0.6 is 0 Å². The molecule has 12 atom stereocenters. The van der Waals surface area contributed by atoms with Gasteiger partial charge in [-0.1, -0.05) is 41.2 Å². The average molecular weight is 479 g/mol. The highest BCUT2D eigenvalue weighted by molar-refractivity contribution is 5.74. The van der Waals surface area contributed by atoms with Gasteiger partial charge < -0.3 is 25.2 Å². The van der Waals surface area contributed by atoms with Crippen molar-refractivity contribution >= 4 is 5.97 Å². The first-order valence-corrected chi connectivity index (χ1v) is 13.4. The second kappa shape index (κ2) is 9.17. The van der Waals surface area contributed by atoms with Crippen LogP contribution in [0.3, 0.4) is 0 Å². The maximum absolute atomic E-state index is 13.0. The summed E-state index contributed by atoms with van der Waals surface area (Å²) >= 11 is 0. The molecule has 6 unspecified atom stereocenters. The Bertz CT molecular complexity index is 796. The fourth-order valence-corrected chi connectivity index (χ4v) is 8.78. The van der Waals surface area contributed by atoms with Gasteiger partial charge in [0, 0.05) is 0 Å². The molecule has 194 valence electrons. The average Bonchev–Trinajstić information content (AvgIpc) is 3.09. The Kier molecular flexibility index (Phi) is 7.05. The zero-order valence-electron chi connectivity index (χ0n) is 21.6. The Morgan fingerprint density at radius 2 is 1.68 bits per heavy atom. The van der Waals surface area contributed by atoms with Crippen molar-refractivity contribution in [2.24, 2.45) is 52.3 Å². The van der Waals surface area contributed by atoms with Crippen LogP contribution in [0.4, 0.5) is 0 Å². The topological polar surface area (TPSA) is 107 Å². The largest absolute Gasteiger partial charge is 0.465 e. The molecule has 34 heavy (non-hydrogen) atoms. The summed E-state index contributed by atoms with van der Waals surface area (Å²) in [5.41, 5.74) is 0.290. The molecule has 0 aromatic carbocycles. The lowest BCUT2D eigenvalue weighted by atomic mass is 9.48. The van der Waals surface area contributed by atoms with E-state index >= 15 is 0 Å².